The summed E-state index contributed by atoms with van der Waals surface area (Å²) in [4.78, 5) is 25.0. The van der Waals surface area contributed by atoms with Crippen molar-refractivity contribution in [2.45, 2.75) is 37.5 Å². The third-order valence-electron chi connectivity index (χ3n) is 4.33. The van der Waals surface area contributed by atoms with E-state index in [4.69, 9.17) is 11.6 Å². The smallest absolute Gasteiger partial charge is 0.198 e. The van der Waals surface area contributed by atoms with Crippen molar-refractivity contribution in [2.24, 2.45) is 0 Å². The average molecular weight is 339 g/mol. The first kappa shape index (κ1) is 15.4. The minimum Gasteiger partial charge on any atom is -0.294 e. The van der Waals surface area contributed by atoms with E-state index in [-0.39, 0.29) is 22.9 Å². The van der Waals surface area contributed by atoms with Crippen LogP contribution in [0.15, 0.2) is 27.6 Å². The van der Waals surface area contributed by atoms with Gasteiger partial charge in [-0.3, -0.25) is 9.59 Å². The van der Waals surface area contributed by atoms with Gasteiger partial charge in [0.2, 0.25) is 0 Å². The highest BCUT2D eigenvalue weighted by Gasteiger charge is 2.32. The normalized spacial score (nSPS) is 20.2. The maximum Gasteiger partial charge on any atom is 0.198 e. The number of benzene rings is 1. The number of ketones is 2. The Morgan fingerprint density at radius 1 is 1.18 bits per heavy atom. The number of halogens is 1. The van der Waals surface area contributed by atoms with E-state index in [9.17, 15) is 18.0 Å². The molecule has 0 saturated heterocycles. The van der Waals surface area contributed by atoms with Crippen LogP contribution in [0.5, 0.6) is 0 Å². The molecule has 1 aliphatic carbocycles. The fourth-order valence-corrected chi connectivity index (χ4v) is 5.04. The molecule has 0 atom stereocenters. The van der Waals surface area contributed by atoms with Crippen LogP contribution in [0.4, 0.5) is 0 Å². The molecule has 4 nitrogen and oxygen atoms in total. The molecule has 6 heteroatoms. The lowest BCUT2D eigenvalue weighted by Gasteiger charge is -2.16. The van der Waals surface area contributed by atoms with Crippen LogP contribution in [0.25, 0.3) is 0 Å². The number of carbonyl (C=O) groups is 2. The molecule has 1 heterocycles. The number of hydrogen-bond acceptors (Lipinski definition) is 4. The van der Waals surface area contributed by atoms with Crippen LogP contribution in [0.1, 0.15) is 40.7 Å². The summed E-state index contributed by atoms with van der Waals surface area (Å²) in [6.45, 7) is 1.73. The predicted octanol–water partition coefficient (Wildman–Crippen LogP) is 2.75. The number of Topliss-reactive ketones (excluding diaryl/α,β-unsaturated/α-hetero) is 2. The zero-order chi connectivity index (χ0) is 16.1. The first-order chi connectivity index (χ1) is 10.3. The molecule has 116 valence electrons. The van der Waals surface area contributed by atoms with Gasteiger partial charge in [0.05, 0.1) is 16.2 Å². The van der Waals surface area contributed by atoms with Crippen LogP contribution in [0, 0.1) is 6.92 Å². The molecule has 1 aromatic rings. The Balaban J connectivity index is 2.11. The van der Waals surface area contributed by atoms with E-state index in [2.05, 4.69) is 0 Å². The van der Waals surface area contributed by atoms with E-state index in [1.807, 2.05) is 0 Å². The molecular formula is C16H15ClO4S. The van der Waals surface area contributed by atoms with Crippen molar-refractivity contribution in [1.29, 1.82) is 0 Å². The van der Waals surface area contributed by atoms with Gasteiger partial charge in [-0.2, -0.15) is 0 Å². The second-order valence-electron chi connectivity index (χ2n) is 5.67. The fraction of sp³-hybridized carbons (Fsp3) is 0.375. The van der Waals surface area contributed by atoms with Gasteiger partial charge in [-0.15, -0.1) is 0 Å². The van der Waals surface area contributed by atoms with Crippen molar-refractivity contribution in [1.82, 2.24) is 0 Å². The maximum atomic E-state index is 12.7. The zero-order valence-corrected chi connectivity index (χ0v) is 13.7. The van der Waals surface area contributed by atoms with Crippen LogP contribution in [-0.4, -0.2) is 25.7 Å². The molecule has 1 aliphatic heterocycles. The van der Waals surface area contributed by atoms with Crippen molar-refractivity contribution >= 4 is 33.0 Å². The highest BCUT2D eigenvalue weighted by molar-refractivity contribution is 7.91. The molecule has 0 saturated carbocycles. The van der Waals surface area contributed by atoms with E-state index in [1.165, 1.54) is 12.1 Å². The molecule has 0 fully saturated rings. The lowest BCUT2D eigenvalue weighted by molar-refractivity contribution is -0.115. The van der Waals surface area contributed by atoms with Crippen LogP contribution in [0.2, 0.25) is 0 Å². The highest BCUT2D eigenvalue weighted by Crippen LogP contribution is 2.33. The Morgan fingerprint density at radius 3 is 2.59 bits per heavy atom. The van der Waals surface area contributed by atoms with Crippen molar-refractivity contribution in [2.75, 3.05) is 5.75 Å². The molecular weight excluding hydrogens is 324 g/mol. The SMILES string of the molecule is Cc1c(C(=O)C2=C(Cl)CCCC2=O)ccc2c1CCS2(=O)=O. The molecule has 1 aromatic carbocycles. The molecule has 22 heavy (non-hydrogen) atoms. The van der Waals surface area contributed by atoms with Gasteiger partial charge in [-0.05, 0) is 49.4 Å². The molecule has 3 rings (SSSR count). The summed E-state index contributed by atoms with van der Waals surface area (Å²) in [5.74, 6) is -0.545. The van der Waals surface area contributed by atoms with Gasteiger partial charge in [0.25, 0.3) is 0 Å². The molecule has 0 N–H and O–H groups in total. The number of carbonyl (C=O) groups excluding carboxylic acids is 2. The lowest BCUT2D eigenvalue weighted by Crippen LogP contribution is -2.19. The van der Waals surface area contributed by atoms with Gasteiger partial charge < -0.3 is 0 Å². The minimum atomic E-state index is -3.23. The van der Waals surface area contributed by atoms with E-state index in [0.717, 1.165) is 0 Å². The topological polar surface area (TPSA) is 68.3 Å². The number of sulfone groups is 1. The average Bonchev–Trinajstić information content (AvgIpc) is 2.75. The molecule has 0 aromatic heterocycles. The van der Waals surface area contributed by atoms with E-state index >= 15 is 0 Å². The van der Waals surface area contributed by atoms with Crippen molar-refractivity contribution < 1.29 is 18.0 Å². The van der Waals surface area contributed by atoms with Crippen LogP contribution in [0.3, 0.4) is 0 Å². The first-order valence-electron chi connectivity index (χ1n) is 7.14. The molecule has 0 amide bonds. The van der Waals surface area contributed by atoms with E-state index in [0.29, 0.717) is 52.3 Å². The second-order valence-corrected chi connectivity index (χ2v) is 8.20. The Bertz CT molecular complexity index is 834. The zero-order valence-electron chi connectivity index (χ0n) is 12.1. The summed E-state index contributed by atoms with van der Waals surface area (Å²) in [7, 11) is -3.23. The van der Waals surface area contributed by atoms with Crippen LogP contribution < -0.4 is 0 Å². The van der Waals surface area contributed by atoms with E-state index in [1.54, 1.807) is 6.92 Å². The monoisotopic (exact) mass is 338 g/mol. The molecule has 0 unspecified atom stereocenters. The van der Waals surface area contributed by atoms with Gasteiger partial charge in [-0.1, -0.05) is 11.6 Å². The van der Waals surface area contributed by atoms with Crippen molar-refractivity contribution in [3.8, 4) is 0 Å². The molecule has 0 spiro atoms. The molecule has 2 aliphatic rings. The molecule has 0 radical (unpaired) electrons. The second kappa shape index (κ2) is 5.32. The van der Waals surface area contributed by atoms with Crippen LogP contribution >= 0.6 is 11.6 Å². The van der Waals surface area contributed by atoms with E-state index < -0.39 is 9.84 Å². The van der Waals surface area contributed by atoms with Crippen molar-refractivity contribution in [3.05, 3.63) is 39.4 Å². The first-order valence-corrected chi connectivity index (χ1v) is 9.17. The van der Waals surface area contributed by atoms with Crippen LogP contribution in [-0.2, 0) is 21.1 Å². The summed E-state index contributed by atoms with van der Waals surface area (Å²) in [6.07, 6.45) is 1.93. The predicted molar refractivity (Wildman–Crippen MR) is 83.0 cm³/mol. The Labute approximate surface area is 134 Å². The third-order valence-corrected chi connectivity index (χ3v) is 6.51. The highest BCUT2D eigenvalue weighted by atomic mass is 35.5. The number of rotatable bonds is 2. The van der Waals surface area contributed by atoms with Gasteiger partial charge in [0, 0.05) is 17.0 Å². The summed E-state index contributed by atoms with van der Waals surface area (Å²) in [5.41, 5.74) is 1.76. The van der Waals surface area contributed by atoms with Gasteiger partial charge in [0.15, 0.2) is 21.4 Å². The summed E-state index contributed by atoms with van der Waals surface area (Å²) < 4.78 is 23.8. The third kappa shape index (κ3) is 2.32. The largest absolute Gasteiger partial charge is 0.294 e. The summed E-state index contributed by atoms with van der Waals surface area (Å²) >= 11 is 6.08. The van der Waals surface area contributed by atoms with Gasteiger partial charge >= 0.3 is 0 Å². The Hall–Kier alpha value is -1.46. The molecule has 0 bridgehead atoms. The number of hydrogen-bond donors (Lipinski definition) is 0. The van der Waals surface area contributed by atoms with Crippen molar-refractivity contribution in [3.63, 3.8) is 0 Å². The number of allylic oxidation sites excluding steroid dienone is 2. The van der Waals surface area contributed by atoms with Gasteiger partial charge in [0.1, 0.15) is 0 Å². The number of fused-ring (bicyclic) bond motifs is 1. The fourth-order valence-electron chi connectivity index (χ4n) is 3.12. The minimum absolute atomic E-state index is 0.0665. The lowest BCUT2D eigenvalue weighted by atomic mass is 9.88. The maximum absolute atomic E-state index is 12.7. The summed E-state index contributed by atoms with van der Waals surface area (Å²) in [6, 6.07) is 2.97. The Kier molecular flexibility index (Phi) is 3.73. The van der Waals surface area contributed by atoms with Gasteiger partial charge in [-0.25, -0.2) is 8.42 Å². The standard InChI is InChI=1S/C16H15ClO4S/c1-9-10-7-8-22(20,21)14(10)6-5-11(9)16(19)15-12(17)3-2-4-13(15)18/h5-6H,2-4,7-8H2,1H3. The summed E-state index contributed by atoms with van der Waals surface area (Å²) in [5, 5.41) is 0.314. The quantitative estimate of drug-likeness (QED) is 0.614. The Morgan fingerprint density at radius 2 is 1.91 bits per heavy atom.